The zero-order valence-electron chi connectivity index (χ0n) is 9.43. The number of nitrogens with zero attached hydrogens (tertiary/aromatic N) is 2. The average Bonchev–Trinajstić information content (AvgIpc) is 2.30. The van der Waals surface area contributed by atoms with E-state index in [1.165, 1.54) is 0 Å². The minimum atomic E-state index is -1.13. The van der Waals surface area contributed by atoms with Crippen LogP contribution in [0.15, 0.2) is 24.5 Å². The van der Waals surface area contributed by atoms with Gasteiger partial charge in [-0.05, 0) is 31.5 Å². The number of carbonyl (C=O) groups excluding carboxylic acids is 1. The molecule has 1 aromatic rings. The second-order valence-corrected chi connectivity index (χ2v) is 3.70. The molecule has 0 N–H and O–H groups in total. The minimum Gasteiger partial charge on any atom is -0.465 e. The Labute approximate surface area is 94.9 Å². The Bertz CT molecular complexity index is 397. The Morgan fingerprint density at radius 1 is 1.56 bits per heavy atom. The third kappa shape index (κ3) is 2.80. The van der Waals surface area contributed by atoms with Crippen LogP contribution in [0, 0.1) is 16.7 Å². The van der Waals surface area contributed by atoms with E-state index in [9.17, 15) is 4.79 Å². The van der Waals surface area contributed by atoms with Gasteiger partial charge in [0.1, 0.15) is 0 Å². The highest BCUT2D eigenvalue weighted by atomic mass is 16.5. The standard InChI is InChI=1S/C12H14N2O2/c1-3-16-11(15)12(2,9-13)8-10-4-6-14-7-5-10/h4-7H,3,8H2,1-2H3. The molecule has 0 spiro atoms. The van der Waals surface area contributed by atoms with Gasteiger partial charge in [-0.2, -0.15) is 5.26 Å². The zero-order chi connectivity index (χ0) is 12.0. The van der Waals surface area contributed by atoms with Crippen molar-refractivity contribution in [3.05, 3.63) is 30.1 Å². The van der Waals surface area contributed by atoms with Gasteiger partial charge in [0.15, 0.2) is 5.41 Å². The molecule has 84 valence electrons. The monoisotopic (exact) mass is 218 g/mol. The number of carbonyl (C=O) groups is 1. The first kappa shape index (κ1) is 12.2. The summed E-state index contributed by atoms with van der Waals surface area (Å²) >= 11 is 0. The summed E-state index contributed by atoms with van der Waals surface area (Å²) in [4.78, 5) is 15.5. The minimum absolute atomic E-state index is 0.284. The van der Waals surface area contributed by atoms with Crippen molar-refractivity contribution in [2.75, 3.05) is 6.61 Å². The first-order chi connectivity index (χ1) is 7.62. The summed E-state index contributed by atoms with van der Waals surface area (Å²) in [7, 11) is 0. The number of nitriles is 1. The van der Waals surface area contributed by atoms with Crippen LogP contribution in [-0.4, -0.2) is 17.6 Å². The smallest absolute Gasteiger partial charge is 0.326 e. The van der Waals surface area contributed by atoms with Gasteiger partial charge < -0.3 is 4.74 Å². The molecular weight excluding hydrogens is 204 g/mol. The lowest BCUT2D eigenvalue weighted by atomic mass is 9.85. The largest absolute Gasteiger partial charge is 0.465 e. The van der Waals surface area contributed by atoms with E-state index < -0.39 is 11.4 Å². The van der Waals surface area contributed by atoms with Crippen LogP contribution in [0.3, 0.4) is 0 Å². The molecule has 16 heavy (non-hydrogen) atoms. The van der Waals surface area contributed by atoms with E-state index in [1.807, 2.05) is 6.07 Å². The molecule has 0 radical (unpaired) electrons. The van der Waals surface area contributed by atoms with E-state index in [4.69, 9.17) is 10.00 Å². The van der Waals surface area contributed by atoms with Crippen molar-refractivity contribution in [2.45, 2.75) is 20.3 Å². The highest BCUT2D eigenvalue weighted by Gasteiger charge is 2.35. The maximum Gasteiger partial charge on any atom is 0.326 e. The average molecular weight is 218 g/mol. The van der Waals surface area contributed by atoms with Gasteiger partial charge in [0.05, 0.1) is 12.7 Å². The molecule has 4 heteroatoms. The lowest BCUT2D eigenvalue weighted by Gasteiger charge is -2.19. The van der Waals surface area contributed by atoms with Crippen LogP contribution < -0.4 is 0 Å². The first-order valence-electron chi connectivity index (χ1n) is 5.10. The molecule has 1 heterocycles. The van der Waals surface area contributed by atoms with Gasteiger partial charge in [0.25, 0.3) is 0 Å². The molecule has 1 unspecified atom stereocenters. The summed E-state index contributed by atoms with van der Waals surface area (Å²) in [5, 5.41) is 9.08. The van der Waals surface area contributed by atoms with Crippen LogP contribution in [0.5, 0.6) is 0 Å². The Kier molecular flexibility index (Phi) is 4.01. The number of aromatic nitrogens is 1. The van der Waals surface area contributed by atoms with Crippen LogP contribution in [0.4, 0.5) is 0 Å². The maximum absolute atomic E-state index is 11.6. The van der Waals surface area contributed by atoms with Gasteiger partial charge in [-0.15, -0.1) is 0 Å². The summed E-state index contributed by atoms with van der Waals surface area (Å²) in [5.41, 5.74) is -0.232. The summed E-state index contributed by atoms with van der Waals surface area (Å²) < 4.78 is 4.89. The second kappa shape index (κ2) is 5.26. The fraction of sp³-hybridized carbons (Fsp3) is 0.417. The van der Waals surface area contributed by atoms with Gasteiger partial charge in [-0.1, -0.05) is 0 Å². The number of rotatable bonds is 4. The van der Waals surface area contributed by atoms with E-state index in [0.29, 0.717) is 6.42 Å². The third-order valence-corrected chi connectivity index (χ3v) is 2.28. The lowest BCUT2D eigenvalue weighted by Crippen LogP contribution is -2.30. The summed E-state index contributed by atoms with van der Waals surface area (Å²) in [6.45, 7) is 3.60. The Morgan fingerprint density at radius 3 is 2.69 bits per heavy atom. The van der Waals surface area contributed by atoms with Gasteiger partial charge >= 0.3 is 5.97 Å². The van der Waals surface area contributed by atoms with Crippen LogP contribution in [0.1, 0.15) is 19.4 Å². The van der Waals surface area contributed by atoms with Crippen molar-refractivity contribution in [3.8, 4) is 6.07 Å². The van der Waals surface area contributed by atoms with Crippen molar-refractivity contribution < 1.29 is 9.53 Å². The van der Waals surface area contributed by atoms with E-state index >= 15 is 0 Å². The highest BCUT2D eigenvalue weighted by Crippen LogP contribution is 2.23. The van der Waals surface area contributed by atoms with E-state index in [-0.39, 0.29) is 6.61 Å². The molecular formula is C12H14N2O2. The topological polar surface area (TPSA) is 63.0 Å². The number of pyridine rings is 1. The van der Waals surface area contributed by atoms with Crippen LogP contribution in [0.25, 0.3) is 0 Å². The van der Waals surface area contributed by atoms with Crippen molar-refractivity contribution in [2.24, 2.45) is 5.41 Å². The Morgan fingerprint density at radius 2 is 2.19 bits per heavy atom. The maximum atomic E-state index is 11.6. The Balaban J connectivity index is 2.83. The molecule has 0 aliphatic heterocycles. The van der Waals surface area contributed by atoms with E-state index in [2.05, 4.69) is 4.98 Å². The van der Waals surface area contributed by atoms with Crippen molar-refractivity contribution in [1.82, 2.24) is 4.98 Å². The number of esters is 1. The summed E-state index contributed by atoms with van der Waals surface area (Å²) in [5.74, 6) is -0.477. The van der Waals surface area contributed by atoms with Crippen molar-refractivity contribution in [3.63, 3.8) is 0 Å². The van der Waals surface area contributed by atoms with Gasteiger partial charge in [-0.3, -0.25) is 9.78 Å². The van der Waals surface area contributed by atoms with E-state index in [0.717, 1.165) is 5.56 Å². The molecule has 0 saturated carbocycles. The van der Waals surface area contributed by atoms with Gasteiger partial charge in [0, 0.05) is 18.8 Å². The first-order valence-corrected chi connectivity index (χ1v) is 5.10. The molecule has 0 aliphatic carbocycles. The molecule has 4 nitrogen and oxygen atoms in total. The molecule has 0 aliphatic rings. The Hall–Kier alpha value is -1.89. The molecule has 0 amide bonds. The number of hydrogen-bond donors (Lipinski definition) is 0. The lowest BCUT2D eigenvalue weighted by molar-refractivity contribution is -0.151. The van der Waals surface area contributed by atoms with Crippen LogP contribution in [0.2, 0.25) is 0 Å². The van der Waals surface area contributed by atoms with E-state index in [1.54, 1.807) is 38.4 Å². The zero-order valence-corrected chi connectivity index (χ0v) is 9.43. The number of ether oxygens (including phenoxy) is 1. The van der Waals surface area contributed by atoms with Crippen molar-refractivity contribution in [1.29, 1.82) is 5.26 Å². The van der Waals surface area contributed by atoms with Crippen LogP contribution in [-0.2, 0) is 16.0 Å². The fourth-order valence-electron chi connectivity index (χ4n) is 1.36. The molecule has 0 bridgehead atoms. The summed E-state index contributed by atoms with van der Waals surface area (Å²) in [6, 6.07) is 5.59. The van der Waals surface area contributed by atoms with Crippen molar-refractivity contribution >= 4 is 5.97 Å². The summed E-state index contributed by atoms with van der Waals surface area (Å²) in [6.07, 6.45) is 3.61. The predicted octanol–water partition coefficient (Wildman–Crippen LogP) is 1.72. The predicted molar refractivity (Wildman–Crippen MR) is 58.3 cm³/mol. The number of hydrogen-bond acceptors (Lipinski definition) is 4. The molecule has 0 aromatic carbocycles. The SMILES string of the molecule is CCOC(=O)C(C)(C#N)Cc1ccncc1. The van der Waals surface area contributed by atoms with Gasteiger partial charge in [-0.25, -0.2) is 0 Å². The quantitative estimate of drug-likeness (QED) is 0.722. The van der Waals surface area contributed by atoms with Crippen LogP contribution >= 0.6 is 0 Å². The molecule has 1 rings (SSSR count). The normalized spacial score (nSPS) is 13.6. The third-order valence-electron chi connectivity index (χ3n) is 2.28. The molecule has 0 saturated heterocycles. The van der Waals surface area contributed by atoms with Gasteiger partial charge in [0.2, 0.25) is 0 Å². The fourth-order valence-corrected chi connectivity index (χ4v) is 1.36. The second-order valence-electron chi connectivity index (χ2n) is 3.70. The molecule has 0 fully saturated rings. The molecule has 1 atom stereocenters. The molecule has 1 aromatic heterocycles. The highest BCUT2D eigenvalue weighted by molar-refractivity contribution is 5.79.